The van der Waals surface area contributed by atoms with Gasteiger partial charge in [0.05, 0.1) is 0 Å². The van der Waals surface area contributed by atoms with Gasteiger partial charge in [-0.15, -0.1) is 0 Å². The standard InChI is InChI=1S/C21H29N3OS/c1-3-22-21(23-15-17(2)18-11-14-26-16-18)24-12-9-20(10-13-24)25-19-7-5-4-6-8-19/h4-8,11,14,16-17,20H,3,9-10,12-13,15H2,1-2H3,(H,22,23). The molecular formula is C21H29N3OS. The van der Waals surface area contributed by atoms with Crippen LogP contribution in [0.3, 0.4) is 0 Å². The van der Waals surface area contributed by atoms with E-state index in [2.05, 4.69) is 40.9 Å². The van der Waals surface area contributed by atoms with E-state index in [0.29, 0.717) is 12.0 Å². The van der Waals surface area contributed by atoms with Crippen LogP contribution in [0, 0.1) is 0 Å². The molecule has 1 fully saturated rings. The molecule has 1 N–H and O–H groups in total. The minimum atomic E-state index is 0.293. The molecule has 0 spiro atoms. The van der Waals surface area contributed by atoms with Gasteiger partial charge in [-0.05, 0) is 41.4 Å². The van der Waals surface area contributed by atoms with Crippen LogP contribution < -0.4 is 10.1 Å². The molecule has 0 saturated carbocycles. The molecule has 140 valence electrons. The molecule has 0 radical (unpaired) electrons. The molecule has 0 bridgehead atoms. The quantitative estimate of drug-likeness (QED) is 0.605. The Labute approximate surface area is 160 Å². The predicted molar refractivity (Wildman–Crippen MR) is 110 cm³/mol. The third-order valence-electron chi connectivity index (χ3n) is 4.75. The van der Waals surface area contributed by atoms with E-state index in [1.54, 1.807) is 11.3 Å². The Morgan fingerprint density at radius 1 is 1.27 bits per heavy atom. The van der Waals surface area contributed by atoms with Gasteiger partial charge in [0.15, 0.2) is 5.96 Å². The van der Waals surface area contributed by atoms with E-state index in [1.165, 1.54) is 5.56 Å². The van der Waals surface area contributed by atoms with Crippen LogP contribution in [0.5, 0.6) is 5.75 Å². The Kier molecular flexibility index (Phi) is 6.95. The van der Waals surface area contributed by atoms with Crippen LogP contribution in [-0.2, 0) is 0 Å². The molecule has 5 heteroatoms. The summed E-state index contributed by atoms with van der Waals surface area (Å²) in [4.78, 5) is 7.27. The van der Waals surface area contributed by atoms with Crippen LogP contribution >= 0.6 is 11.3 Å². The number of hydrogen-bond donors (Lipinski definition) is 1. The molecule has 2 heterocycles. The van der Waals surface area contributed by atoms with Gasteiger partial charge in [0.25, 0.3) is 0 Å². The number of para-hydroxylation sites is 1. The molecule has 1 aromatic heterocycles. The van der Waals surface area contributed by atoms with Gasteiger partial charge in [0.2, 0.25) is 0 Å². The molecule has 1 atom stereocenters. The number of likely N-dealkylation sites (tertiary alicyclic amines) is 1. The lowest BCUT2D eigenvalue weighted by molar-refractivity contribution is 0.129. The molecule has 1 saturated heterocycles. The molecule has 0 aliphatic carbocycles. The average Bonchev–Trinajstić information content (AvgIpc) is 3.21. The topological polar surface area (TPSA) is 36.9 Å². The molecule has 0 amide bonds. The summed E-state index contributed by atoms with van der Waals surface area (Å²) in [7, 11) is 0. The molecule has 2 aromatic rings. The minimum Gasteiger partial charge on any atom is -0.490 e. The number of benzene rings is 1. The highest BCUT2D eigenvalue weighted by atomic mass is 32.1. The zero-order chi connectivity index (χ0) is 18.2. The molecule has 1 aromatic carbocycles. The molecule has 3 rings (SSSR count). The van der Waals surface area contributed by atoms with Crippen molar-refractivity contribution < 1.29 is 4.74 Å². The zero-order valence-corrected chi connectivity index (χ0v) is 16.5. The molecule has 1 aliphatic heterocycles. The number of guanidine groups is 1. The summed E-state index contributed by atoms with van der Waals surface area (Å²) in [5, 5.41) is 7.81. The van der Waals surface area contributed by atoms with Crippen molar-refractivity contribution in [1.82, 2.24) is 10.2 Å². The Morgan fingerprint density at radius 3 is 2.69 bits per heavy atom. The number of nitrogens with zero attached hydrogens (tertiary/aromatic N) is 2. The fourth-order valence-corrected chi connectivity index (χ4v) is 3.97. The van der Waals surface area contributed by atoms with E-state index in [4.69, 9.17) is 9.73 Å². The van der Waals surface area contributed by atoms with Crippen LogP contribution in [0.2, 0.25) is 0 Å². The first-order valence-electron chi connectivity index (χ1n) is 9.53. The lowest BCUT2D eigenvalue weighted by Gasteiger charge is -2.34. The van der Waals surface area contributed by atoms with Gasteiger partial charge in [-0.3, -0.25) is 4.99 Å². The largest absolute Gasteiger partial charge is 0.490 e. The molecule has 26 heavy (non-hydrogen) atoms. The van der Waals surface area contributed by atoms with Gasteiger partial charge in [-0.1, -0.05) is 25.1 Å². The van der Waals surface area contributed by atoms with Crippen molar-refractivity contribution in [3.63, 3.8) is 0 Å². The van der Waals surface area contributed by atoms with E-state index in [1.807, 2.05) is 30.3 Å². The summed E-state index contributed by atoms with van der Waals surface area (Å²) >= 11 is 1.75. The minimum absolute atomic E-state index is 0.293. The highest BCUT2D eigenvalue weighted by molar-refractivity contribution is 7.07. The van der Waals surface area contributed by atoms with Gasteiger partial charge in [0, 0.05) is 44.9 Å². The Morgan fingerprint density at radius 2 is 2.04 bits per heavy atom. The number of aliphatic imine (C=N–C) groups is 1. The Hall–Kier alpha value is -2.01. The first kappa shape index (κ1) is 18.8. The first-order chi connectivity index (χ1) is 12.8. The highest BCUT2D eigenvalue weighted by Gasteiger charge is 2.22. The summed E-state index contributed by atoms with van der Waals surface area (Å²) in [5.74, 6) is 2.46. The number of piperidine rings is 1. The van der Waals surface area contributed by atoms with Crippen molar-refractivity contribution in [1.29, 1.82) is 0 Å². The lowest BCUT2D eigenvalue weighted by atomic mass is 10.1. The molecule has 1 unspecified atom stereocenters. The second kappa shape index (κ2) is 9.62. The van der Waals surface area contributed by atoms with Crippen molar-refractivity contribution in [2.45, 2.75) is 38.7 Å². The number of thiophene rings is 1. The fraction of sp³-hybridized carbons (Fsp3) is 0.476. The SMILES string of the molecule is CCNC(=NCC(C)c1ccsc1)N1CCC(Oc2ccccc2)CC1. The van der Waals surface area contributed by atoms with Crippen LogP contribution in [0.4, 0.5) is 0 Å². The molecule has 1 aliphatic rings. The Bertz CT molecular complexity index is 664. The summed E-state index contributed by atoms with van der Waals surface area (Å²) in [6.07, 6.45) is 2.35. The monoisotopic (exact) mass is 371 g/mol. The third-order valence-corrected chi connectivity index (χ3v) is 5.45. The van der Waals surface area contributed by atoms with Crippen LogP contribution in [0.1, 0.15) is 38.2 Å². The van der Waals surface area contributed by atoms with E-state index >= 15 is 0 Å². The summed E-state index contributed by atoms with van der Waals surface area (Å²) < 4.78 is 6.10. The summed E-state index contributed by atoms with van der Waals surface area (Å²) in [6.45, 7) is 8.05. The van der Waals surface area contributed by atoms with Crippen molar-refractivity contribution in [2.75, 3.05) is 26.2 Å². The lowest BCUT2D eigenvalue weighted by Crippen LogP contribution is -2.47. The number of rotatable bonds is 6. The maximum atomic E-state index is 6.10. The fourth-order valence-electron chi connectivity index (χ4n) is 3.19. The van der Waals surface area contributed by atoms with Crippen LogP contribution in [-0.4, -0.2) is 43.1 Å². The normalized spacial score (nSPS) is 17.2. The van der Waals surface area contributed by atoms with Crippen molar-refractivity contribution in [3.8, 4) is 5.75 Å². The van der Waals surface area contributed by atoms with E-state index in [0.717, 1.165) is 50.7 Å². The maximum Gasteiger partial charge on any atom is 0.193 e. The maximum absolute atomic E-state index is 6.10. The van der Waals surface area contributed by atoms with Gasteiger partial charge in [-0.25, -0.2) is 0 Å². The van der Waals surface area contributed by atoms with Gasteiger partial charge < -0.3 is 15.0 Å². The van der Waals surface area contributed by atoms with Gasteiger partial charge in [0.1, 0.15) is 11.9 Å². The highest BCUT2D eigenvalue weighted by Crippen LogP contribution is 2.20. The van der Waals surface area contributed by atoms with E-state index < -0.39 is 0 Å². The predicted octanol–water partition coefficient (Wildman–Crippen LogP) is 4.36. The first-order valence-corrected chi connectivity index (χ1v) is 10.5. The number of nitrogens with one attached hydrogen (secondary N) is 1. The molecule has 4 nitrogen and oxygen atoms in total. The smallest absolute Gasteiger partial charge is 0.193 e. The Balaban J connectivity index is 1.53. The van der Waals surface area contributed by atoms with E-state index in [-0.39, 0.29) is 0 Å². The van der Waals surface area contributed by atoms with Crippen LogP contribution in [0.25, 0.3) is 0 Å². The van der Waals surface area contributed by atoms with Crippen molar-refractivity contribution in [2.24, 2.45) is 4.99 Å². The number of hydrogen-bond acceptors (Lipinski definition) is 3. The molecular weight excluding hydrogens is 342 g/mol. The van der Waals surface area contributed by atoms with Crippen molar-refractivity contribution >= 4 is 17.3 Å². The van der Waals surface area contributed by atoms with Gasteiger partial charge >= 0.3 is 0 Å². The van der Waals surface area contributed by atoms with Crippen LogP contribution in [0.15, 0.2) is 52.2 Å². The second-order valence-corrected chi connectivity index (χ2v) is 7.55. The summed E-state index contributed by atoms with van der Waals surface area (Å²) in [6, 6.07) is 12.3. The second-order valence-electron chi connectivity index (χ2n) is 6.77. The zero-order valence-electron chi connectivity index (χ0n) is 15.7. The third kappa shape index (κ3) is 5.24. The number of ether oxygens (including phenoxy) is 1. The van der Waals surface area contributed by atoms with Gasteiger partial charge in [-0.2, -0.15) is 11.3 Å². The summed E-state index contributed by atoms with van der Waals surface area (Å²) in [5.41, 5.74) is 1.38. The average molecular weight is 372 g/mol. The van der Waals surface area contributed by atoms with E-state index in [9.17, 15) is 0 Å². The van der Waals surface area contributed by atoms with Crippen molar-refractivity contribution in [3.05, 3.63) is 52.7 Å².